The Morgan fingerprint density at radius 1 is 1.10 bits per heavy atom. The number of hydrogen-bond acceptors (Lipinski definition) is 9. The van der Waals surface area contributed by atoms with Gasteiger partial charge in [-0.15, -0.1) is 0 Å². The van der Waals surface area contributed by atoms with Crippen LogP contribution in [0.5, 0.6) is 5.75 Å². The van der Waals surface area contributed by atoms with Gasteiger partial charge < -0.3 is 24.2 Å². The summed E-state index contributed by atoms with van der Waals surface area (Å²) < 4.78 is 11.7. The number of anilines is 2. The Bertz CT molecular complexity index is 1410. The summed E-state index contributed by atoms with van der Waals surface area (Å²) in [4.78, 5) is 35.5. The molecule has 4 heterocycles. The fourth-order valence-corrected chi connectivity index (χ4v) is 5.10. The highest BCUT2D eigenvalue weighted by Gasteiger charge is 2.25. The van der Waals surface area contributed by atoms with Crippen LogP contribution >= 0.6 is 0 Å². The number of carbonyl (C=O) groups excluding carboxylic acids is 1. The van der Waals surface area contributed by atoms with Crippen molar-refractivity contribution >= 4 is 17.4 Å². The molecule has 0 saturated carbocycles. The van der Waals surface area contributed by atoms with E-state index in [2.05, 4.69) is 31.1 Å². The third-order valence-corrected chi connectivity index (χ3v) is 7.40. The van der Waals surface area contributed by atoms with Crippen LogP contribution in [0.2, 0.25) is 0 Å². The molecule has 0 spiro atoms. The topological polar surface area (TPSA) is 128 Å². The number of carbonyl (C=O) groups is 1. The third kappa shape index (κ3) is 6.40. The summed E-state index contributed by atoms with van der Waals surface area (Å²) in [7, 11) is 0. The molecule has 208 valence electrons. The molecule has 0 aliphatic carbocycles. The number of hydrogen-bond donors (Lipinski definition) is 1. The van der Waals surface area contributed by atoms with Gasteiger partial charge in [-0.3, -0.25) is 9.59 Å². The van der Waals surface area contributed by atoms with E-state index in [9.17, 15) is 9.59 Å². The maximum Gasteiger partial charge on any atom is 0.269 e. The number of aromatic nitrogens is 3. The summed E-state index contributed by atoms with van der Waals surface area (Å²) in [5.41, 5.74) is 2.55. The van der Waals surface area contributed by atoms with Crippen molar-refractivity contribution in [2.75, 3.05) is 68.9 Å². The van der Waals surface area contributed by atoms with Crippen molar-refractivity contribution in [1.29, 1.82) is 5.26 Å². The predicted molar refractivity (Wildman–Crippen MR) is 150 cm³/mol. The van der Waals surface area contributed by atoms with E-state index >= 15 is 0 Å². The summed E-state index contributed by atoms with van der Waals surface area (Å²) in [6.07, 6.45) is 4.28. The molecule has 0 bridgehead atoms. The Labute approximate surface area is 232 Å². The van der Waals surface area contributed by atoms with Crippen LogP contribution in [-0.2, 0) is 4.74 Å². The van der Waals surface area contributed by atoms with Crippen molar-refractivity contribution in [1.82, 2.24) is 20.1 Å². The van der Waals surface area contributed by atoms with Crippen LogP contribution in [0.15, 0.2) is 53.6 Å². The largest absolute Gasteiger partial charge is 0.491 e. The number of rotatable bonds is 9. The predicted octanol–water partition coefficient (Wildman–Crippen LogP) is 2.23. The van der Waals surface area contributed by atoms with Crippen LogP contribution < -0.4 is 20.1 Å². The Morgan fingerprint density at radius 2 is 1.95 bits per heavy atom. The lowest BCUT2D eigenvalue weighted by Crippen LogP contribution is -2.49. The van der Waals surface area contributed by atoms with Gasteiger partial charge in [-0.25, -0.2) is 10.1 Å². The SMILES string of the molecule is Cc1c(N2CC[C@H](COCCOc3cccc(C(=O)N4CCN(c5ccc(C#N)cn5)CC4)c3)C2)cn[nH]c1=O. The van der Waals surface area contributed by atoms with Crippen LogP contribution in [0.3, 0.4) is 0 Å². The highest BCUT2D eigenvalue weighted by Crippen LogP contribution is 2.24. The number of ether oxygens (including phenoxy) is 2. The highest BCUT2D eigenvalue weighted by atomic mass is 16.5. The van der Waals surface area contributed by atoms with E-state index in [4.69, 9.17) is 14.7 Å². The standard InChI is InChI=1S/C29H33N7O4/c1-21-26(18-32-33-28(21)37)36-8-7-23(19-36)20-39-13-14-40-25-4-2-3-24(15-25)29(38)35-11-9-34(10-12-35)27-6-5-22(16-30)17-31-27/h2-6,15,17-18,23H,7-14,19-20H2,1H3,(H,33,37)/t23-/m0/s1. The second-order valence-corrected chi connectivity index (χ2v) is 10.1. The number of H-pyrrole nitrogens is 1. The zero-order valence-corrected chi connectivity index (χ0v) is 22.6. The van der Waals surface area contributed by atoms with E-state index < -0.39 is 0 Å². The molecule has 2 aliphatic heterocycles. The number of aromatic amines is 1. The maximum absolute atomic E-state index is 13.1. The average Bonchev–Trinajstić information content (AvgIpc) is 3.47. The minimum Gasteiger partial charge on any atom is -0.491 e. The van der Waals surface area contributed by atoms with E-state index in [1.54, 1.807) is 24.5 Å². The van der Waals surface area contributed by atoms with Gasteiger partial charge in [-0.1, -0.05) is 6.07 Å². The fraction of sp³-hybridized carbons (Fsp3) is 0.414. The first-order valence-corrected chi connectivity index (χ1v) is 13.5. The summed E-state index contributed by atoms with van der Waals surface area (Å²) in [6, 6.07) is 12.9. The molecule has 1 amide bonds. The smallest absolute Gasteiger partial charge is 0.269 e. The van der Waals surface area contributed by atoms with E-state index in [1.807, 2.05) is 36.1 Å². The first-order valence-electron chi connectivity index (χ1n) is 13.5. The number of nitrogens with one attached hydrogen (secondary N) is 1. The molecule has 2 saturated heterocycles. The van der Waals surface area contributed by atoms with Gasteiger partial charge >= 0.3 is 0 Å². The van der Waals surface area contributed by atoms with Crippen LogP contribution in [-0.4, -0.2) is 85.1 Å². The lowest BCUT2D eigenvalue weighted by atomic mass is 10.1. The van der Waals surface area contributed by atoms with Gasteiger partial charge in [0.25, 0.3) is 11.5 Å². The Hall–Kier alpha value is -4.43. The second kappa shape index (κ2) is 12.6. The van der Waals surface area contributed by atoms with Crippen molar-refractivity contribution in [2.24, 2.45) is 5.92 Å². The molecule has 40 heavy (non-hydrogen) atoms. The van der Waals surface area contributed by atoms with Gasteiger partial charge in [0.2, 0.25) is 0 Å². The number of nitriles is 1. The van der Waals surface area contributed by atoms with Gasteiger partial charge in [0.05, 0.1) is 30.7 Å². The fourth-order valence-electron chi connectivity index (χ4n) is 5.10. The molecule has 2 aliphatic rings. The monoisotopic (exact) mass is 543 g/mol. The zero-order valence-electron chi connectivity index (χ0n) is 22.6. The van der Waals surface area contributed by atoms with E-state index in [1.165, 1.54) is 0 Å². The number of amides is 1. The normalized spacial score (nSPS) is 17.1. The molecule has 2 fully saturated rings. The van der Waals surface area contributed by atoms with Gasteiger partial charge in [0.1, 0.15) is 24.2 Å². The molecule has 2 aromatic heterocycles. The van der Waals surface area contributed by atoms with Crippen molar-refractivity contribution < 1.29 is 14.3 Å². The first-order chi connectivity index (χ1) is 19.5. The summed E-state index contributed by atoms with van der Waals surface area (Å²) in [5, 5.41) is 15.4. The quantitative estimate of drug-likeness (QED) is 0.404. The van der Waals surface area contributed by atoms with Crippen LogP contribution in [0, 0.1) is 24.2 Å². The molecular formula is C29H33N7O4. The molecule has 3 aromatic rings. The Balaban J connectivity index is 1.03. The van der Waals surface area contributed by atoms with Gasteiger partial charge in [0, 0.05) is 62.5 Å². The first kappa shape index (κ1) is 27.1. The third-order valence-electron chi connectivity index (χ3n) is 7.40. The lowest BCUT2D eigenvalue weighted by molar-refractivity contribution is 0.0742. The molecule has 1 N–H and O–H groups in total. The molecule has 11 nitrogen and oxygen atoms in total. The minimum atomic E-state index is -0.153. The average molecular weight is 544 g/mol. The Morgan fingerprint density at radius 3 is 2.73 bits per heavy atom. The van der Waals surface area contributed by atoms with Gasteiger partial charge in [-0.05, 0) is 43.7 Å². The Kier molecular flexibility index (Phi) is 8.56. The van der Waals surface area contributed by atoms with Crippen LogP contribution in [0.4, 0.5) is 11.5 Å². The number of pyridine rings is 1. The van der Waals surface area contributed by atoms with Crippen molar-refractivity contribution in [3.8, 4) is 11.8 Å². The van der Waals surface area contributed by atoms with Crippen LogP contribution in [0.25, 0.3) is 0 Å². The second-order valence-electron chi connectivity index (χ2n) is 10.1. The summed E-state index contributed by atoms with van der Waals surface area (Å²) >= 11 is 0. The van der Waals surface area contributed by atoms with Crippen LogP contribution in [0.1, 0.15) is 27.9 Å². The lowest BCUT2D eigenvalue weighted by Gasteiger charge is -2.35. The minimum absolute atomic E-state index is 0.0224. The molecule has 5 rings (SSSR count). The molecule has 0 radical (unpaired) electrons. The number of piperazine rings is 1. The molecular weight excluding hydrogens is 510 g/mol. The van der Waals surface area contributed by atoms with E-state index in [0.717, 1.165) is 31.0 Å². The molecule has 11 heteroatoms. The van der Waals surface area contributed by atoms with E-state index in [-0.39, 0.29) is 11.5 Å². The van der Waals surface area contributed by atoms with Crippen molar-refractivity contribution in [3.63, 3.8) is 0 Å². The summed E-state index contributed by atoms with van der Waals surface area (Å²) in [5.74, 6) is 1.81. The molecule has 0 unspecified atom stereocenters. The van der Waals surface area contributed by atoms with Gasteiger partial charge in [0.15, 0.2) is 0 Å². The maximum atomic E-state index is 13.1. The number of nitrogens with zero attached hydrogens (tertiary/aromatic N) is 6. The van der Waals surface area contributed by atoms with Crippen molar-refractivity contribution in [2.45, 2.75) is 13.3 Å². The molecule has 1 aromatic carbocycles. The van der Waals surface area contributed by atoms with Gasteiger partial charge in [-0.2, -0.15) is 10.4 Å². The zero-order chi connectivity index (χ0) is 27.9. The summed E-state index contributed by atoms with van der Waals surface area (Å²) in [6.45, 7) is 7.52. The highest BCUT2D eigenvalue weighted by molar-refractivity contribution is 5.94. The van der Waals surface area contributed by atoms with E-state index in [0.29, 0.717) is 74.4 Å². The number of benzene rings is 1. The van der Waals surface area contributed by atoms with Crippen molar-refractivity contribution in [3.05, 3.63) is 75.8 Å². The molecule has 1 atom stereocenters.